The van der Waals surface area contributed by atoms with Crippen molar-refractivity contribution in [3.05, 3.63) is 59.7 Å². The number of urea groups is 1. The third kappa shape index (κ3) is 2.26. The fraction of sp³-hybridized carbons (Fsp3) is 0.176. The SMILES string of the molecule is COc1ccc(C2(c3ccc(OC)cc3)NC(=O)N(N)C2=O)cc1. The summed E-state index contributed by atoms with van der Waals surface area (Å²) >= 11 is 0. The molecule has 0 radical (unpaired) electrons. The zero-order valence-corrected chi connectivity index (χ0v) is 13.3. The van der Waals surface area contributed by atoms with E-state index in [0.29, 0.717) is 27.6 Å². The van der Waals surface area contributed by atoms with E-state index in [-0.39, 0.29) is 0 Å². The first-order valence-corrected chi connectivity index (χ1v) is 7.23. The van der Waals surface area contributed by atoms with Crippen molar-refractivity contribution < 1.29 is 19.1 Å². The molecular weight excluding hydrogens is 310 g/mol. The van der Waals surface area contributed by atoms with Crippen molar-refractivity contribution in [1.29, 1.82) is 0 Å². The number of nitrogens with zero attached hydrogens (tertiary/aromatic N) is 1. The standard InChI is InChI=1S/C17H17N3O4/c1-23-13-7-3-11(4-8-13)17(15(21)20(18)16(22)19-17)12-5-9-14(24-2)10-6-12/h3-10H,18H2,1-2H3,(H,19,22). The molecule has 7 nitrogen and oxygen atoms in total. The molecule has 0 saturated carbocycles. The predicted molar refractivity (Wildman–Crippen MR) is 86.3 cm³/mol. The van der Waals surface area contributed by atoms with E-state index in [1.54, 1.807) is 62.8 Å². The van der Waals surface area contributed by atoms with Gasteiger partial charge in [-0.25, -0.2) is 10.6 Å². The van der Waals surface area contributed by atoms with Crippen molar-refractivity contribution in [2.45, 2.75) is 5.54 Å². The molecule has 0 bridgehead atoms. The Kier molecular flexibility index (Phi) is 3.86. The molecule has 1 fully saturated rings. The highest BCUT2D eigenvalue weighted by Gasteiger charge is 2.53. The van der Waals surface area contributed by atoms with E-state index in [1.165, 1.54) is 0 Å². The zero-order valence-electron chi connectivity index (χ0n) is 13.3. The van der Waals surface area contributed by atoms with Crippen molar-refractivity contribution in [3.8, 4) is 11.5 Å². The first-order valence-electron chi connectivity index (χ1n) is 7.23. The molecule has 0 aliphatic carbocycles. The summed E-state index contributed by atoms with van der Waals surface area (Å²) in [5, 5.41) is 3.30. The Labute approximate surface area is 138 Å². The van der Waals surface area contributed by atoms with Crippen molar-refractivity contribution in [3.63, 3.8) is 0 Å². The quantitative estimate of drug-likeness (QED) is 0.502. The van der Waals surface area contributed by atoms with E-state index in [1.807, 2.05) is 0 Å². The monoisotopic (exact) mass is 327 g/mol. The Morgan fingerprint density at radius 1 is 0.875 bits per heavy atom. The maximum atomic E-state index is 12.8. The van der Waals surface area contributed by atoms with Gasteiger partial charge >= 0.3 is 6.03 Å². The molecule has 3 rings (SSSR count). The molecule has 24 heavy (non-hydrogen) atoms. The maximum Gasteiger partial charge on any atom is 0.340 e. The van der Waals surface area contributed by atoms with Crippen molar-refractivity contribution >= 4 is 11.9 Å². The average molecular weight is 327 g/mol. The molecule has 0 unspecified atom stereocenters. The fourth-order valence-corrected chi connectivity index (χ4v) is 2.79. The molecule has 2 aromatic rings. The first-order chi connectivity index (χ1) is 11.5. The lowest BCUT2D eigenvalue weighted by molar-refractivity contribution is -0.130. The third-order valence-corrected chi connectivity index (χ3v) is 4.10. The van der Waals surface area contributed by atoms with Gasteiger partial charge in [-0.05, 0) is 35.4 Å². The summed E-state index contributed by atoms with van der Waals surface area (Å²) in [6.07, 6.45) is 0. The van der Waals surface area contributed by atoms with Gasteiger partial charge in [0.25, 0.3) is 5.91 Å². The smallest absolute Gasteiger partial charge is 0.340 e. The molecule has 0 atom stereocenters. The zero-order chi connectivity index (χ0) is 17.3. The van der Waals surface area contributed by atoms with Gasteiger partial charge in [0, 0.05) is 0 Å². The minimum Gasteiger partial charge on any atom is -0.497 e. The van der Waals surface area contributed by atoms with E-state index in [2.05, 4.69) is 5.32 Å². The van der Waals surface area contributed by atoms with Crippen LogP contribution in [-0.4, -0.2) is 31.2 Å². The number of nitrogens with one attached hydrogen (secondary N) is 1. The number of amides is 3. The molecule has 7 heteroatoms. The van der Waals surface area contributed by atoms with Crippen molar-refractivity contribution in [2.24, 2.45) is 5.84 Å². The lowest BCUT2D eigenvalue weighted by atomic mass is 9.82. The highest BCUT2D eigenvalue weighted by atomic mass is 16.5. The molecule has 0 aromatic heterocycles. The molecule has 3 N–H and O–H groups in total. The second kappa shape index (κ2) is 5.86. The fourth-order valence-electron chi connectivity index (χ4n) is 2.79. The number of methoxy groups -OCH3 is 2. The molecule has 1 heterocycles. The number of nitrogens with two attached hydrogens (primary N) is 1. The topological polar surface area (TPSA) is 93.9 Å². The highest BCUT2D eigenvalue weighted by Crippen LogP contribution is 2.36. The predicted octanol–water partition coefficient (Wildman–Crippen LogP) is 1.37. The number of ether oxygens (including phenoxy) is 2. The summed E-state index contributed by atoms with van der Waals surface area (Å²) < 4.78 is 10.3. The van der Waals surface area contributed by atoms with E-state index in [4.69, 9.17) is 15.3 Å². The van der Waals surface area contributed by atoms with Crippen LogP contribution in [0.4, 0.5) is 4.79 Å². The van der Waals surface area contributed by atoms with Crippen LogP contribution in [0.3, 0.4) is 0 Å². The number of benzene rings is 2. The summed E-state index contributed by atoms with van der Waals surface area (Å²) in [6.45, 7) is 0. The van der Waals surface area contributed by atoms with Gasteiger partial charge in [0.1, 0.15) is 11.5 Å². The van der Waals surface area contributed by atoms with Crippen molar-refractivity contribution in [1.82, 2.24) is 10.3 Å². The van der Waals surface area contributed by atoms with E-state index >= 15 is 0 Å². The second-order valence-electron chi connectivity index (χ2n) is 5.31. The normalized spacial score (nSPS) is 16.0. The largest absolute Gasteiger partial charge is 0.497 e. The van der Waals surface area contributed by atoms with E-state index in [0.717, 1.165) is 0 Å². The number of imide groups is 1. The maximum absolute atomic E-state index is 12.8. The molecule has 124 valence electrons. The molecule has 0 spiro atoms. The molecule has 3 amide bonds. The number of carbonyl (C=O) groups is 2. The molecule has 2 aromatic carbocycles. The highest BCUT2D eigenvalue weighted by molar-refractivity contribution is 6.09. The summed E-state index contributed by atoms with van der Waals surface area (Å²) in [5.74, 6) is 6.34. The van der Waals surface area contributed by atoms with Crippen LogP contribution in [0.15, 0.2) is 48.5 Å². The Morgan fingerprint density at radius 2 is 1.29 bits per heavy atom. The third-order valence-electron chi connectivity index (χ3n) is 4.10. The van der Waals surface area contributed by atoms with Gasteiger partial charge in [-0.3, -0.25) is 4.79 Å². The summed E-state index contributed by atoms with van der Waals surface area (Å²) in [5.41, 5.74) is -0.218. The molecule has 1 saturated heterocycles. The van der Waals surface area contributed by atoms with Gasteiger partial charge in [0.05, 0.1) is 14.2 Å². The van der Waals surface area contributed by atoms with Crippen LogP contribution in [0.5, 0.6) is 11.5 Å². The van der Waals surface area contributed by atoms with Crippen LogP contribution in [0.2, 0.25) is 0 Å². The van der Waals surface area contributed by atoms with Crippen molar-refractivity contribution in [2.75, 3.05) is 14.2 Å². The van der Waals surface area contributed by atoms with Crippen LogP contribution in [0, 0.1) is 0 Å². The van der Waals surface area contributed by atoms with Crippen LogP contribution < -0.4 is 20.6 Å². The van der Waals surface area contributed by atoms with Crippen LogP contribution in [0.1, 0.15) is 11.1 Å². The minimum absolute atomic E-state index is 0.553. The first kappa shape index (κ1) is 15.8. The van der Waals surface area contributed by atoms with Gasteiger partial charge < -0.3 is 14.8 Å². The molecule has 1 aliphatic rings. The summed E-state index contributed by atoms with van der Waals surface area (Å²) in [6, 6.07) is 13.1. The Balaban J connectivity index is 2.17. The Morgan fingerprint density at radius 3 is 1.58 bits per heavy atom. The van der Waals surface area contributed by atoms with E-state index < -0.39 is 17.5 Å². The lowest BCUT2D eigenvalue weighted by Crippen LogP contribution is -2.45. The van der Waals surface area contributed by atoms with Gasteiger partial charge in [-0.15, -0.1) is 0 Å². The number of hydrazine groups is 1. The van der Waals surface area contributed by atoms with Crippen LogP contribution in [-0.2, 0) is 10.3 Å². The lowest BCUT2D eigenvalue weighted by Gasteiger charge is -2.27. The van der Waals surface area contributed by atoms with Gasteiger partial charge in [-0.1, -0.05) is 24.3 Å². The van der Waals surface area contributed by atoms with Gasteiger partial charge in [-0.2, -0.15) is 5.01 Å². The van der Waals surface area contributed by atoms with Gasteiger partial charge in [0.15, 0.2) is 5.54 Å². The van der Waals surface area contributed by atoms with Crippen LogP contribution in [0.25, 0.3) is 0 Å². The number of carbonyl (C=O) groups excluding carboxylic acids is 2. The second-order valence-corrected chi connectivity index (χ2v) is 5.31. The number of hydrogen-bond acceptors (Lipinski definition) is 5. The number of hydrogen-bond donors (Lipinski definition) is 2. The number of rotatable bonds is 4. The average Bonchev–Trinajstić information content (AvgIpc) is 2.87. The Hall–Kier alpha value is -3.06. The summed E-state index contributed by atoms with van der Waals surface area (Å²) in [4.78, 5) is 24.8. The minimum atomic E-state index is -1.38. The van der Waals surface area contributed by atoms with Crippen LogP contribution >= 0.6 is 0 Å². The molecular formula is C17H17N3O4. The summed E-state index contributed by atoms with van der Waals surface area (Å²) in [7, 11) is 3.11. The van der Waals surface area contributed by atoms with E-state index in [9.17, 15) is 9.59 Å². The molecule has 1 aliphatic heterocycles. The Bertz CT molecular complexity index is 724. The van der Waals surface area contributed by atoms with Gasteiger partial charge in [0.2, 0.25) is 0 Å².